The molecule has 0 aliphatic carbocycles. The smallest absolute Gasteiger partial charge is 0.374 e. The molecule has 0 spiro atoms. The third-order valence-corrected chi connectivity index (χ3v) is 8.95. The Hall–Kier alpha value is -0.500. The maximum absolute atomic E-state index is 13.0. The largest absolute Gasteiger partial charge is 0.474 e. The van der Waals surface area contributed by atoms with Gasteiger partial charge >= 0.3 is 7.82 Å². The zero-order valence-corrected chi connectivity index (χ0v) is 29.5. The number of quaternary nitrogens is 1. The normalized spacial score (nSPS) is 14.1. The minimum Gasteiger partial charge on any atom is -0.374 e. The van der Waals surface area contributed by atoms with Crippen LogP contribution in [0, 0.1) is 0 Å². The highest BCUT2D eigenvalue weighted by Gasteiger charge is 2.28. The average molecular weight is 622 g/mol. The molecule has 1 N–H and O–H groups in total. The van der Waals surface area contributed by atoms with Crippen molar-refractivity contribution in [1.82, 2.24) is 5.32 Å². The standard InChI is InChI=1S/C33H69N2O6P/c1-7-9-11-13-15-17-19-21-23-25-28-39-32(31-41-42(37,38-6)40-29-27-35(3,4)5)30-34-33(36)26-24-22-20-18-16-14-12-10-8-2/h32H,7-31H2,1-6H3/p+1. The summed E-state index contributed by atoms with van der Waals surface area (Å²) in [5.41, 5.74) is 0. The van der Waals surface area contributed by atoms with Gasteiger partial charge in [-0.15, -0.1) is 0 Å². The summed E-state index contributed by atoms with van der Waals surface area (Å²) in [4.78, 5) is 12.5. The summed E-state index contributed by atoms with van der Waals surface area (Å²) in [6.45, 7) is 6.36. The van der Waals surface area contributed by atoms with E-state index in [1.807, 2.05) is 21.1 Å². The highest BCUT2D eigenvalue weighted by atomic mass is 31.2. The van der Waals surface area contributed by atoms with Crippen LogP contribution in [0.15, 0.2) is 0 Å². The zero-order valence-electron chi connectivity index (χ0n) is 28.6. The monoisotopic (exact) mass is 621 g/mol. The Morgan fingerprint density at radius 1 is 0.690 bits per heavy atom. The van der Waals surface area contributed by atoms with Crippen LogP contribution >= 0.6 is 7.82 Å². The van der Waals surface area contributed by atoms with Crippen LogP contribution in [0.5, 0.6) is 0 Å². The van der Waals surface area contributed by atoms with E-state index in [4.69, 9.17) is 18.3 Å². The van der Waals surface area contributed by atoms with Gasteiger partial charge in [-0.3, -0.25) is 18.4 Å². The summed E-state index contributed by atoms with van der Waals surface area (Å²) in [7, 11) is 3.75. The second-order valence-corrected chi connectivity index (χ2v) is 14.6. The van der Waals surface area contributed by atoms with Crippen molar-refractivity contribution < 1.29 is 32.2 Å². The number of rotatable bonds is 32. The van der Waals surface area contributed by atoms with Gasteiger partial charge in [-0.1, -0.05) is 123 Å². The molecule has 0 rings (SSSR count). The van der Waals surface area contributed by atoms with Crippen molar-refractivity contribution in [3.05, 3.63) is 0 Å². The zero-order chi connectivity index (χ0) is 31.4. The first kappa shape index (κ1) is 41.5. The fourth-order valence-electron chi connectivity index (χ4n) is 4.66. The van der Waals surface area contributed by atoms with Crippen molar-refractivity contribution in [2.75, 3.05) is 61.2 Å². The number of carbonyl (C=O) groups is 1. The van der Waals surface area contributed by atoms with E-state index in [1.165, 1.54) is 103 Å². The summed E-state index contributed by atoms with van der Waals surface area (Å²) >= 11 is 0. The molecule has 8 nitrogen and oxygen atoms in total. The van der Waals surface area contributed by atoms with Gasteiger partial charge in [0, 0.05) is 26.7 Å². The van der Waals surface area contributed by atoms with Crippen LogP contribution in [-0.2, 0) is 27.7 Å². The third kappa shape index (κ3) is 28.3. The van der Waals surface area contributed by atoms with Crippen LogP contribution in [0.2, 0.25) is 0 Å². The minimum atomic E-state index is -3.70. The van der Waals surface area contributed by atoms with Crippen molar-refractivity contribution in [2.45, 2.75) is 148 Å². The number of hydrogen-bond donors (Lipinski definition) is 1. The summed E-state index contributed by atoms with van der Waals surface area (Å²) in [5.74, 6) is 0.0274. The van der Waals surface area contributed by atoms with Crippen LogP contribution in [0.3, 0.4) is 0 Å². The Balaban J connectivity index is 4.46. The molecule has 252 valence electrons. The van der Waals surface area contributed by atoms with E-state index >= 15 is 0 Å². The molecular weight excluding hydrogens is 551 g/mol. The Labute approximate surface area is 260 Å². The lowest BCUT2D eigenvalue weighted by atomic mass is 10.1. The summed E-state index contributed by atoms with van der Waals surface area (Å²) in [6.07, 6.45) is 23.7. The van der Waals surface area contributed by atoms with Gasteiger partial charge in [0.2, 0.25) is 5.91 Å². The summed E-state index contributed by atoms with van der Waals surface area (Å²) < 4.78 is 36.0. The Morgan fingerprint density at radius 2 is 1.17 bits per heavy atom. The SMILES string of the molecule is CCCCCCCCCCCCOC(CNC(=O)CCCCCCCCCCC)COP(=O)(OC)OCC[N+](C)(C)C. The molecule has 0 aromatic carbocycles. The quantitative estimate of drug-likeness (QED) is 0.0459. The second kappa shape index (κ2) is 28.0. The fraction of sp³-hybridized carbons (Fsp3) is 0.970. The highest BCUT2D eigenvalue weighted by molar-refractivity contribution is 7.48. The molecule has 9 heteroatoms. The van der Waals surface area contributed by atoms with Gasteiger partial charge in [-0.05, 0) is 12.8 Å². The van der Waals surface area contributed by atoms with E-state index in [0.717, 1.165) is 25.7 Å². The first-order chi connectivity index (χ1) is 20.2. The molecule has 0 aliphatic rings. The van der Waals surface area contributed by atoms with E-state index in [1.54, 1.807) is 0 Å². The van der Waals surface area contributed by atoms with E-state index < -0.39 is 13.9 Å². The number of ether oxygens (including phenoxy) is 1. The number of amides is 1. The van der Waals surface area contributed by atoms with Crippen LogP contribution in [0.25, 0.3) is 0 Å². The Bertz CT molecular complexity index is 659. The van der Waals surface area contributed by atoms with Crippen LogP contribution in [0.4, 0.5) is 0 Å². The lowest BCUT2D eigenvalue weighted by Gasteiger charge is -2.25. The van der Waals surface area contributed by atoms with Gasteiger partial charge in [-0.25, -0.2) is 4.57 Å². The van der Waals surface area contributed by atoms with Gasteiger partial charge in [0.15, 0.2) is 0 Å². The number of phosphoric acid groups is 1. The van der Waals surface area contributed by atoms with Crippen LogP contribution < -0.4 is 5.32 Å². The number of phosphoric ester groups is 1. The van der Waals surface area contributed by atoms with Gasteiger partial charge in [0.25, 0.3) is 0 Å². The third-order valence-electron chi connectivity index (χ3n) is 7.54. The Morgan fingerprint density at radius 3 is 1.64 bits per heavy atom. The Kier molecular flexibility index (Phi) is 27.7. The van der Waals surface area contributed by atoms with Gasteiger partial charge in [-0.2, -0.15) is 0 Å². The molecule has 0 fully saturated rings. The van der Waals surface area contributed by atoms with Gasteiger partial charge in [0.05, 0.1) is 33.9 Å². The number of hydrogen-bond acceptors (Lipinski definition) is 6. The molecule has 2 atom stereocenters. The van der Waals surface area contributed by atoms with Crippen molar-refractivity contribution in [3.8, 4) is 0 Å². The van der Waals surface area contributed by atoms with Crippen molar-refractivity contribution in [2.24, 2.45) is 0 Å². The first-order valence-electron chi connectivity index (χ1n) is 17.3. The van der Waals surface area contributed by atoms with Crippen molar-refractivity contribution in [1.29, 1.82) is 0 Å². The van der Waals surface area contributed by atoms with Crippen molar-refractivity contribution >= 4 is 13.7 Å². The molecule has 0 saturated heterocycles. The van der Waals surface area contributed by atoms with Crippen LogP contribution in [-0.4, -0.2) is 77.7 Å². The minimum absolute atomic E-state index is 0.0274. The molecule has 0 bridgehead atoms. The van der Waals surface area contributed by atoms with Crippen LogP contribution in [0.1, 0.15) is 142 Å². The molecule has 0 aliphatic heterocycles. The molecule has 42 heavy (non-hydrogen) atoms. The maximum atomic E-state index is 13.0. The molecule has 0 aromatic rings. The molecule has 0 saturated carbocycles. The topological polar surface area (TPSA) is 83.1 Å². The number of unbranched alkanes of at least 4 members (excludes halogenated alkanes) is 17. The molecule has 0 aromatic heterocycles. The molecule has 0 heterocycles. The average Bonchev–Trinajstić information content (AvgIpc) is 2.95. The number of likely N-dealkylation sites (N-methyl/N-ethyl adjacent to an activating group) is 1. The predicted molar refractivity (Wildman–Crippen MR) is 176 cm³/mol. The van der Waals surface area contributed by atoms with Gasteiger partial charge in [0.1, 0.15) is 13.2 Å². The predicted octanol–water partition coefficient (Wildman–Crippen LogP) is 8.82. The molecule has 0 radical (unpaired) electrons. The van der Waals surface area contributed by atoms with E-state index in [-0.39, 0.29) is 19.1 Å². The number of nitrogens with zero attached hydrogens (tertiary/aromatic N) is 1. The number of carbonyl (C=O) groups excluding carboxylic acids is 1. The lowest BCUT2D eigenvalue weighted by Crippen LogP contribution is -2.37. The summed E-state index contributed by atoms with van der Waals surface area (Å²) in [5, 5.41) is 3.00. The maximum Gasteiger partial charge on any atom is 0.474 e. The van der Waals surface area contributed by atoms with E-state index in [9.17, 15) is 9.36 Å². The van der Waals surface area contributed by atoms with E-state index in [0.29, 0.717) is 30.6 Å². The molecular formula is C33H70N2O6P+. The fourth-order valence-corrected chi connectivity index (χ4v) is 5.60. The first-order valence-corrected chi connectivity index (χ1v) is 18.8. The highest BCUT2D eigenvalue weighted by Crippen LogP contribution is 2.48. The number of nitrogens with one attached hydrogen (secondary N) is 1. The van der Waals surface area contributed by atoms with Crippen molar-refractivity contribution in [3.63, 3.8) is 0 Å². The van der Waals surface area contributed by atoms with Gasteiger partial charge < -0.3 is 14.5 Å². The molecule has 2 unspecified atom stereocenters. The second-order valence-electron chi connectivity index (χ2n) is 12.8. The molecule has 1 amide bonds. The lowest BCUT2D eigenvalue weighted by molar-refractivity contribution is -0.870. The summed E-state index contributed by atoms with van der Waals surface area (Å²) in [6, 6.07) is 0. The van der Waals surface area contributed by atoms with E-state index in [2.05, 4.69) is 19.2 Å².